The summed E-state index contributed by atoms with van der Waals surface area (Å²) in [5.41, 5.74) is 0.695. The number of ketones is 1. The monoisotopic (exact) mass is 362 g/mol. The van der Waals surface area contributed by atoms with E-state index in [4.69, 9.17) is 4.74 Å². The average Bonchev–Trinajstić information content (AvgIpc) is 3.06. The number of hydrogen-bond acceptors (Lipinski definition) is 5. The van der Waals surface area contributed by atoms with Gasteiger partial charge in [0.2, 0.25) is 5.91 Å². The van der Waals surface area contributed by atoms with Crippen molar-refractivity contribution in [1.29, 1.82) is 0 Å². The van der Waals surface area contributed by atoms with E-state index < -0.39 is 6.09 Å². The number of cyclic esters (lactones) is 1. The first-order chi connectivity index (χ1) is 12.1. The molecule has 0 aromatic heterocycles. The van der Waals surface area contributed by atoms with Gasteiger partial charge in [0, 0.05) is 29.5 Å². The third-order valence-corrected chi connectivity index (χ3v) is 5.43. The number of hydrogen-bond donors (Lipinski definition) is 0. The lowest BCUT2D eigenvalue weighted by atomic mass is 9.90. The van der Waals surface area contributed by atoms with Crippen LogP contribution in [0.4, 0.5) is 4.79 Å². The van der Waals surface area contributed by atoms with Gasteiger partial charge in [0.05, 0.1) is 6.54 Å². The van der Waals surface area contributed by atoms with E-state index in [2.05, 4.69) is 0 Å². The topological polar surface area (TPSA) is 66.9 Å². The van der Waals surface area contributed by atoms with Crippen LogP contribution >= 0.6 is 11.8 Å². The SMILES string of the molecule is CSc1ccc(C(=O)[C@H]2CCCN(C(=O)CN3CCOC3=O)C2)cc1. The molecule has 2 aliphatic heterocycles. The maximum absolute atomic E-state index is 12.7. The zero-order valence-corrected chi connectivity index (χ0v) is 15.1. The minimum absolute atomic E-state index is 0.0299. The number of Topliss-reactive ketones (excluding diaryl/α,β-unsaturated/α-hetero) is 1. The van der Waals surface area contributed by atoms with Crippen LogP contribution in [0.3, 0.4) is 0 Å². The average molecular weight is 362 g/mol. The Morgan fingerprint density at radius 1 is 1.24 bits per heavy atom. The Morgan fingerprint density at radius 2 is 2.00 bits per heavy atom. The first kappa shape index (κ1) is 17.8. The Labute approximate surface area is 151 Å². The van der Waals surface area contributed by atoms with Crippen LogP contribution in [0.5, 0.6) is 0 Å². The standard InChI is InChI=1S/C18H22N2O4S/c1-25-15-6-4-13(5-7-15)17(22)14-3-2-8-19(11-14)16(21)12-20-9-10-24-18(20)23/h4-7,14H,2-3,8-12H2,1H3/t14-/m0/s1. The van der Waals surface area contributed by atoms with E-state index in [1.54, 1.807) is 16.7 Å². The highest BCUT2D eigenvalue weighted by Crippen LogP contribution is 2.23. The zero-order valence-electron chi connectivity index (χ0n) is 14.3. The van der Waals surface area contributed by atoms with Crippen LogP contribution in [-0.2, 0) is 9.53 Å². The van der Waals surface area contributed by atoms with Crippen LogP contribution in [0.25, 0.3) is 0 Å². The van der Waals surface area contributed by atoms with E-state index in [1.165, 1.54) is 4.90 Å². The maximum atomic E-state index is 12.7. The Balaban J connectivity index is 1.60. The van der Waals surface area contributed by atoms with Gasteiger partial charge in [-0.2, -0.15) is 0 Å². The summed E-state index contributed by atoms with van der Waals surface area (Å²) in [6, 6.07) is 7.61. The molecule has 1 atom stereocenters. The lowest BCUT2D eigenvalue weighted by Crippen LogP contribution is -2.46. The largest absolute Gasteiger partial charge is 0.448 e. The molecule has 0 unspecified atom stereocenters. The Kier molecular flexibility index (Phi) is 5.63. The summed E-state index contributed by atoms with van der Waals surface area (Å²) in [5, 5.41) is 0. The van der Waals surface area contributed by atoms with Crippen molar-refractivity contribution in [3.05, 3.63) is 29.8 Å². The van der Waals surface area contributed by atoms with E-state index in [9.17, 15) is 14.4 Å². The summed E-state index contributed by atoms with van der Waals surface area (Å²) in [6.07, 6.45) is 3.15. The van der Waals surface area contributed by atoms with E-state index in [1.807, 2.05) is 30.5 Å². The molecule has 0 N–H and O–H groups in total. The van der Waals surface area contributed by atoms with Gasteiger partial charge < -0.3 is 9.64 Å². The minimum Gasteiger partial charge on any atom is -0.448 e. The second-order valence-electron chi connectivity index (χ2n) is 6.31. The summed E-state index contributed by atoms with van der Waals surface area (Å²) < 4.78 is 4.85. The van der Waals surface area contributed by atoms with Gasteiger partial charge in [-0.3, -0.25) is 14.5 Å². The number of thioether (sulfide) groups is 1. The molecule has 0 saturated carbocycles. The fourth-order valence-electron chi connectivity index (χ4n) is 3.24. The number of nitrogens with zero attached hydrogens (tertiary/aromatic N) is 2. The Hall–Kier alpha value is -2.02. The van der Waals surface area contributed by atoms with Crippen molar-refractivity contribution in [2.75, 3.05) is 39.0 Å². The molecule has 134 valence electrons. The number of rotatable bonds is 5. The van der Waals surface area contributed by atoms with E-state index >= 15 is 0 Å². The summed E-state index contributed by atoms with van der Waals surface area (Å²) in [4.78, 5) is 40.9. The Morgan fingerprint density at radius 3 is 2.64 bits per heavy atom. The highest BCUT2D eigenvalue weighted by atomic mass is 32.2. The van der Waals surface area contributed by atoms with E-state index in [0.717, 1.165) is 17.7 Å². The fourth-order valence-corrected chi connectivity index (χ4v) is 3.65. The predicted molar refractivity (Wildman–Crippen MR) is 94.8 cm³/mol. The molecule has 2 aliphatic rings. The number of amides is 2. The summed E-state index contributed by atoms with van der Waals surface area (Å²) in [5.74, 6) is -0.205. The van der Waals surface area contributed by atoms with Crippen LogP contribution < -0.4 is 0 Å². The quantitative estimate of drug-likeness (QED) is 0.594. The second-order valence-corrected chi connectivity index (χ2v) is 7.19. The van der Waals surface area contributed by atoms with Gasteiger partial charge in [0.1, 0.15) is 13.2 Å². The van der Waals surface area contributed by atoms with Crippen molar-refractivity contribution in [1.82, 2.24) is 9.80 Å². The van der Waals surface area contributed by atoms with Crippen molar-refractivity contribution in [3.63, 3.8) is 0 Å². The molecule has 7 heteroatoms. The highest BCUT2D eigenvalue weighted by Gasteiger charge is 2.31. The smallest absolute Gasteiger partial charge is 0.410 e. The minimum atomic E-state index is -0.438. The molecule has 1 aromatic carbocycles. The number of ether oxygens (including phenoxy) is 1. The van der Waals surface area contributed by atoms with Gasteiger partial charge in [-0.15, -0.1) is 11.8 Å². The lowest BCUT2D eigenvalue weighted by Gasteiger charge is -2.32. The third kappa shape index (κ3) is 4.15. The van der Waals surface area contributed by atoms with Gasteiger partial charge in [-0.1, -0.05) is 12.1 Å². The predicted octanol–water partition coefficient (Wildman–Crippen LogP) is 2.28. The first-order valence-corrected chi connectivity index (χ1v) is 9.68. The summed E-state index contributed by atoms with van der Waals surface area (Å²) >= 11 is 1.64. The van der Waals surface area contributed by atoms with Crippen molar-refractivity contribution in [2.45, 2.75) is 17.7 Å². The third-order valence-electron chi connectivity index (χ3n) is 4.69. The van der Waals surface area contributed by atoms with Crippen molar-refractivity contribution in [2.24, 2.45) is 5.92 Å². The molecule has 1 aromatic rings. The number of piperidine rings is 1. The number of benzene rings is 1. The number of carbonyl (C=O) groups is 3. The molecule has 2 saturated heterocycles. The van der Waals surface area contributed by atoms with Gasteiger partial charge >= 0.3 is 6.09 Å². The fraction of sp³-hybridized carbons (Fsp3) is 0.500. The molecule has 25 heavy (non-hydrogen) atoms. The molecule has 6 nitrogen and oxygen atoms in total. The van der Waals surface area contributed by atoms with Gasteiger partial charge in [-0.25, -0.2) is 4.79 Å². The molecular formula is C18H22N2O4S. The van der Waals surface area contributed by atoms with Crippen molar-refractivity contribution < 1.29 is 19.1 Å². The van der Waals surface area contributed by atoms with Gasteiger partial charge in [0.25, 0.3) is 0 Å². The molecule has 0 radical (unpaired) electrons. The lowest BCUT2D eigenvalue weighted by molar-refractivity contribution is -0.133. The molecule has 0 aliphatic carbocycles. The second kappa shape index (κ2) is 7.91. The zero-order chi connectivity index (χ0) is 17.8. The molecule has 2 amide bonds. The molecular weight excluding hydrogens is 340 g/mol. The van der Waals surface area contributed by atoms with Crippen LogP contribution in [0, 0.1) is 5.92 Å². The van der Waals surface area contributed by atoms with Crippen LogP contribution in [0.15, 0.2) is 29.2 Å². The molecule has 2 heterocycles. The van der Waals surface area contributed by atoms with Crippen molar-refractivity contribution in [3.8, 4) is 0 Å². The molecule has 0 spiro atoms. The molecule has 3 rings (SSSR count). The van der Waals surface area contributed by atoms with Crippen LogP contribution in [0.1, 0.15) is 23.2 Å². The number of likely N-dealkylation sites (tertiary alicyclic amines) is 1. The van der Waals surface area contributed by atoms with Crippen molar-refractivity contribution >= 4 is 29.5 Å². The van der Waals surface area contributed by atoms with E-state index in [-0.39, 0.29) is 24.2 Å². The van der Waals surface area contributed by atoms with Gasteiger partial charge in [0.15, 0.2) is 5.78 Å². The van der Waals surface area contributed by atoms with E-state index in [0.29, 0.717) is 31.8 Å². The normalized spacial score (nSPS) is 20.5. The van der Waals surface area contributed by atoms with Crippen LogP contribution in [0.2, 0.25) is 0 Å². The first-order valence-electron chi connectivity index (χ1n) is 8.46. The maximum Gasteiger partial charge on any atom is 0.410 e. The summed E-state index contributed by atoms with van der Waals surface area (Å²) in [7, 11) is 0. The molecule has 2 fully saturated rings. The molecule has 0 bridgehead atoms. The number of carbonyl (C=O) groups excluding carboxylic acids is 3. The Bertz CT molecular complexity index is 662. The highest BCUT2D eigenvalue weighted by molar-refractivity contribution is 7.98. The summed E-state index contributed by atoms with van der Waals surface area (Å²) in [6.45, 7) is 1.87. The van der Waals surface area contributed by atoms with Crippen LogP contribution in [-0.4, -0.2) is 66.6 Å². The van der Waals surface area contributed by atoms with Gasteiger partial charge in [-0.05, 0) is 31.2 Å².